The van der Waals surface area contributed by atoms with Crippen LogP contribution in [0.15, 0.2) is 85.0 Å². The quantitative estimate of drug-likeness (QED) is 0.296. The Labute approximate surface area is 221 Å². The molecule has 1 fully saturated rings. The minimum atomic E-state index is 0.334. The molecule has 194 valence electrons. The molecule has 0 saturated carbocycles. The van der Waals surface area contributed by atoms with Gasteiger partial charge in [-0.15, -0.1) is 0 Å². The Morgan fingerprint density at radius 2 is 1.30 bits per heavy atom. The second-order valence-electron chi connectivity index (χ2n) is 9.23. The Bertz CT molecular complexity index is 1050. The predicted molar refractivity (Wildman–Crippen MR) is 154 cm³/mol. The van der Waals surface area contributed by atoms with Crippen LogP contribution in [0.25, 0.3) is 0 Å². The van der Waals surface area contributed by atoms with Gasteiger partial charge >= 0.3 is 0 Å². The van der Waals surface area contributed by atoms with E-state index in [2.05, 4.69) is 86.5 Å². The third-order valence-corrected chi connectivity index (χ3v) is 6.64. The molecule has 1 aliphatic rings. The zero-order valence-electron chi connectivity index (χ0n) is 22.0. The van der Waals surface area contributed by atoms with Crippen LogP contribution in [0.4, 0.5) is 17.8 Å². The summed E-state index contributed by atoms with van der Waals surface area (Å²) in [6.07, 6.45) is 10.2. The fourth-order valence-electron chi connectivity index (χ4n) is 4.57. The van der Waals surface area contributed by atoms with Crippen molar-refractivity contribution >= 4 is 17.8 Å². The van der Waals surface area contributed by atoms with Crippen LogP contribution >= 0.6 is 0 Å². The standard InChI is InChI=1S/C30H39N7/c1-3-5-19-31-28-34-29(32-20-6-4-2)36-30(35-28)37-21-17-26(18-22-37)33-23-27(24-13-9-7-10-14-24)25-15-11-8-12-16-25/h3-16,26-27,33H,17-23H2,1-2H3,(H2,31,32,34,35,36)/b5-3+,6-4+. The van der Waals surface area contributed by atoms with Crippen molar-refractivity contribution in [3.63, 3.8) is 0 Å². The van der Waals surface area contributed by atoms with Gasteiger partial charge in [0.1, 0.15) is 0 Å². The Morgan fingerprint density at radius 3 is 1.78 bits per heavy atom. The number of nitrogens with one attached hydrogen (secondary N) is 3. The molecule has 3 N–H and O–H groups in total. The van der Waals surface area contributed by atoms with Gasteiger partial charge in [-0.1, -0.05) is 85.0 Å². The van der Waals surface area contributed by atoms with E-state index in [0.29, 0.717) is 36.9 Å². The summed E-state index contributed by atoms with van der Waals surface area (Å²) in [5.74, 6) is 2.26. The van der Waals surface area contributed by atoms with E-state index < -0.39 is 0 Å². The van der Waals surface area contributed by atoms with Crippen molar-refractivity contribution in [2.24, 2.45) is 0 Å². The second-order valence-corrected chi connectivity index (χ2v) is 9.23. The zero-order valence-corrected chi connectivity index (χ0v) is 22.0. The molecule has 0 unspecified atom stereocenters. The summed E-state index contributed by atoms with van der Waals surface area (Å²) >= 11 is 0. The molecule has 0 bridgehead atoms. The van der Waals surface area contributed by atoms with Gasteiger partial charge < -0.3 is 20.9 Å². The van der Waals surface area contributed by atoms with E-state index in [-0.39, 0.29) is 0 Å². The summed E-state index contributed by atoms with van der Waals surface area (Å²) in [4.78, 5) is 16.2. The van der Waals surface area contributed by atoms with Gasteiger partial charge in [-0.25, -0.2) is 0 Å². The summed E-state index contributed by atoms with van der Waals surface area (Å²) < 4.78 is 0. The molecule has 0 amide bonds. The van der Waals surface area contributed by atoms with Crippen molar-refractivity contribution in [2.75, 3.05) is 48.3 Å². The molecular weight excluding hydrogens is 458 g/mol. The van der Waals surface area contributed by atoms with Crippen molar-refractivity contribution in [3.8, 4) is 0 Å². The first-order chi connectivity index (χ1) is 18.3. The van der Waals surface area contributed by atoms with Gasteiger partial charge in [0.25, 0.3) is 0 Å². The molecule has 37 heavy (non-hydrogen) atoms. The lowest BCUT2D eigenvalue weighted by Crippen LogP contribution is -2.44. The maximum atomic E-state index is 4.72. The molecule has 4 rings (SSSR count). The summed E-state index contributed by atoms with van der Waals surface area (Å²) in [5, 5.41) is 10.4. The van der Waals surface area contributed by atoms with Crippen LogP contribution in [0.1, 0.15) is 43.7 Å². The Hall–Kier alpha value is -3.71. The third kappa shape index (κ3) is 7.89. The largest absolute Gasteiger partial charge is 0.351 e. The molecule has 2 aromatic carbocycles. The van der Waals surface area contributed by atoms with Crippen LogP contribution in [-0.2, 0) is 0 Å². The molecule has 1 aliphatic heterocycles. The minimum Gasteiger partial charge on any atom is -0.351 e. The third-order valence-electron chi connectivity index (χ3n) is 6.64. The highest BCUT2D eigenvalue weighted by Gasteiger charge is 2.23. The van der Waals surface area contributed by atoms with Gasteiger partial charge in [0.15, 0.2) is 0 Å². The van der Waals surface area contributed by atoms with Gasteiger partial charge in [0.05, 0.1) is 0 Å². The molecule has 7 nitrogen and oxygen atoms in total. The van der Waals surface area contributed by atoms with Gasteiger partial charge in [-0.3, -0.25) is 0 Å². The number of aromatic nitrogens is 3. The molecule has 0 atom stereocenters. The highest BCUT2D eigenvalue weighted by atomic mass is 15.3. The van der Waals surface area contributed by atoms with E-state index in [0.717, 1.165) is 38.4 Å². The predicted octanol–water partition coefficient (Wildman–Crippen LogP) is 5.24. The first-order valence-corrected chi connectivity index (χ1v) is 13.3. The summed E-state index contributed by atoms with van der Waals surface area (Å²) in [6, 6.07) is 22.1. The lowest BCUT2D eigenvalue weighted by atomic mass is 9.90. The van der Waals surface area contributed by atoms with E-state index in [1.807, 2.05) is 38.2 Å². The van der Waals surface area contributed by atoms with Crippen LogP contribution in [0, 0.1) is 0 Å². The highest BCUT2D eigenvalue weighted by molar-refractivity contribution is 5.44. The van der Waals surface area contributed by atoms with Gasteiger partial charge in [-0.2, -0.15) is 15.0 Å². The monoisotopic (exact) mass is 497 g/mol. The Morgan fingerprint density at radius 1 is 0.784 bits per heavy atom. The topological polar surface area (TPSA) is 78.0 Å². The molecule has 0 radical (unpaired) electrons. The normalized spacial score (nSPS) is 14.6. The summed E-state index contributed by atoms with van der Waals surface area (Å²) in [5.41, 5.74) is 2.69. The fraction of sp³-hybridized carbons (Fsp3) is 0.367. The molecule has 3 aromatic rings. The molecule has 1 saturated heterocycles. The average molecular weight is 498 g/mol. The van der Waals surface area contributed by atoms with Gasteiger partial charge in [-0.05, 0) is 37.8 Å². The Balaban J connectivity index is 1.38. The first-order valence-electron chi connectivity index (χ1n) is 13.3. The number of hydrogen-bond donors (Lipinski definition) is 3. The molecule has 0 spiro atoms. The van der Waals surface area contributed by atoms with Crippen molar-refractivity contribution in [1.82, 2.24) is 20.3 Å². The maximum absolute atomic E-state index is 4.72. The molecule has 0 aliphatic carbocycles. The van der Waals surface area contributed by atoms with Crippen molar-refractivity contribution in [3.05, 3.63) is 96.1 Å². The number of benzene rings is 2. The number of rotatable bonds is 12. The minimum absolute atomic E-state index is 0.334. The van der Waals surface area contributed by atoms with E-state index >= 15 is 0 Å². The number of hydrogen-bond acceptors (Lipinski definition) is 7. The molecular formula is C30H39N7. The summed E-state index contributed by atoms with van der Waals surface area (Å²) in [6.45, 7) is 8.11. The second kappa shape index (κ2) is 14.1. The number of piperidine rings is 1. The summed E-state index contributed by atoms with van der Waals surface area (Å²) in [7, 11) is 0. The van der Waals surface area contributed by atoms with E-state index in [9.17, 15) is 0 Å². The first kappa shape index (κ1) is 26.4. The van der Waals surface area contributed by atoms with Crippen LogP contribution < -0.4 is 20.9 Å². The fourth-order valence-corrected chi connectivity index (χ4v) is 4.57. The van der Waals surface area contributed by atoms with Gasteiger partial charge in [0, 0.05) is 44.7 Å². The smallest absolute Gasteiger partial charge is 0.231 e. The molecule has 7 heteroatoms. The molecule has 2 heterocycles. The SMILES string of the molecule is C/C=C/CNc1nc(NC/C=C/C)nc(N2CCC(NCC(c3ccccc3)c3ccccc3)CC2)n1. The van der Waals surface area contributed by atoms with E-state index in [1.165, 1.54) is 11.1 Å². The maximum Gasteiger partial charge on any atom is 0.231 e. The van der Waals surface area contributed by atoms with Crippen LogP contribution in [0.3, 0.4) is 0 Å². The van der Waals surface area contributed by atoms with Crippen molar-refractivity contribution < 1.29 is 0 Å². The van der Waals surface area contributed by atoms with E-state index in [1.54, 1.807) is 0 Å². The Kier molecular flexibility index (Phi) is 10.1. The number of nitrogens with zero attached hydrogens (tertiary/aromatic N) is 4. The lowest BCUT2D eigenvalue weighted by molar-refractivity contribution is 0.407. The van der Waals surface area contributed by atoms with Crippen LogP contribution in [0.2, 0.25) is 0 Å². The zero-order chi connectivity index (χ0) is 25.7. The van der Waals surface area contributed by atoms with Crippen LogP contribution in [-0.4, -0.2) is 53.7 Å². The van der Waals surface area contributed by atoms with Crippen LogP contribution in [0.5, 0.6) is 0 Å². The number of allylic oxidation sites excluding steroid dienone is 2. The van der Waals surface area contributed by atoms with Gasteiger partial charge in [0.2, 0.25) is 17.8 Å². The average Bonchev–Trinajstić information content (AvgIpc) is 2.95. The van der Waals surface area contributed by atoms with Crippen molar-refractivity contribution in [2.45, 2.75) is 38.6 Å². The van der Waals surface area contributed by atoms with Crippen molar-refractivity contribution in [1.29, 1.82) is 0 Å². The highest BCUT2D eigenvalue weighted by Crippen LogP contribution is 2.25. The molecule has 1 aromatic heterocycles. The van der Waals surface area contributed by atoms with E-state index in [4.69, 9.17) is 9.97 Å². The lowest BCUT2D eigenvalue weighted by Gasteiger charge is -2.33. The number of anilines is 3.